The molecule has 3 aliphatic heterocycles. The number of rotatable bonds is 4. The molecule has 3 N–H and O–H groups in total. The number of amides is 3. The number of nitrogens with one attached hydrogen (secondary N) is 3. The highest BCUT2D eigenvalue weighted by atomic mass is 16.5. The van der Waals surface area contributed by atoms with E-state index in [1.165, 1.54) is 11.8 Å². The summed E-state index contributed by atoms with van der Waals surface area (Å²) in [4.78, 5) is 58.3. The van der Waals surface area contributed by atoms with Crippen molar-refractivity contribution in [3.05, 3.63) is 89.1 Å². The first-order chi connectivity index (χ1) is 19.7. The second kappa shape index (κ2) is 8.87. The maximum Gasteiger partial charge on any atom is 0.308 e. The van der Waals surface area contributed by atoms with Gasteiger partial charge in [0.25, 0.3) is 0 Å². The molecule has 0 saturated carbocycles. The number of ether oxygens (including phenoxy) is 1. The summed E-state index contributed by atoms with van der Waals surface area (Å²) in [5.74, 6) is -3.00. The fourth-order valence-corrected chi connectivity index (χ4v) is 6.92. The van der Waals surface area contributed by atoms with Gasteiger partial charge in [-0.1, -0.05) is 30.3 Å². The van der Waals surface area contributed by atoms with Gasteiger partial charge in [-0.15, -0.1) is 0 Å². The van der Waals surface area contributed by atoms with Crippen LogP contribution in [0.2, 0.25) is 0 Å². The maximum absolute atomic E-state index is 14.3. The van der Waals surface area contributed by atoms with Crippen LogP contribution in [0, 0.1) is 25.7 Å². The summed E-state index contributed by atoms with van der Waals surface area (Å²) in [6, 6.07) is 17.5. The Hall–Kier alpha value is -4.76. The van der Waals surface area contributed by atoms with E-state index in [0.717, 1.165) is 27.6 Å². The molecule has 1 aromatic heterocycles. The molecule has 4 heterocycles. The second-order valence-electron chi connectivity index (χ2n) is 11.1. The molecule has 41 heavy (non-hydrogen) atoms. The summed E-state index contributed by atoms with van der Waals surface area (Å²) in [7, 11) is 0. The van der Waals surface area contributed by atoms with Crippen LogP contribution in [-0.4, -0.2) is 34.7 Å². The fourth-order valence-electron chi connectivity index (χ4n) is 6.92. The van der Waals surface area contributed by atoms with E-state index >= 15 is 0 Å². The largest absolute Gasteiger partial charge is 0.427 e. The van der Waals surface area contributed by atoms with Crippen LogP contribution in [0.5, 0.6) is 5.75 Å². The zero-order chi connectivity index (χ0) is 28.6. The number of para-hydroxylation sites is 1. The molecule has 9 heteroatoms. The number of anilines is 2. The topological polar surface area (TPSA) is 121 Å². The molecule has 0 bridgehead atoms. The van der Waals surface area contributed by atoms with Crippen LogP contribution in [0.4, 0.5) is 11.4 Å². The number of aromatic nitrogens is 1. The molecule has 4 aromatic rings. The second-order valence-corrected chi connectivity index (χ2v) is 11.1. The molecular formula is C32H28N4O5. The number of aryl methyl sites for hydroxylation is 1. The van der Waals surface area contributed by atoms with Crippen LogP contribution in [0.25, 0.3) is 10.9 Å². The Kier molecular flexibility index (Phi) is 5.46. The van der Waals surface area contributed by atoms with Gasteiger partial charge < -0.3 is 15.0 Å². The number of carbonyl (C=O) groups excluding carboxylic acids is 4. The number of hydrogen-bond acceptors (Lipinski definition) is 6. The Balaban J connectivity index is 1.35. The van der Waals surface area contributed by atoms with Gasteiger partial charge in [-0.3, -0.25) is 24.5 Å². The predicted molar refractivity (Wildman–Crippen MR) is 152 cm³/mol. The lowest BCUT2D eigenvalue weighted by Crippen LogP contribution is -2.53. The molecule has 0 unspecified atom stereocenters. The zero-order valence-corrected chi connectivity index (χ0v) is 22.8. The number of imide groups is 1. The normalized spacial score (nSPS) is 24.7. The number of benzene rings is 3. The van der Waals surface area contributed by atoms with E-state index in [0.29, 0.717) is 29.1 Å². The van der Waals surface area contributed by atoms with Gasteiger partial charge in [-0.2, -0.15) is 0 Å². The SMILES string of the molecule is CC(=O)Oc1ccc(N2C(=O)[C@H]3[C@@H](C2=O)[C@@]2(N[C@@H]3Cc3c[nH]c4ccccc34)C(=O)Nc3c2ccc(C)c3C)cc1. The Labute approximate surface area is 235 Å². The minimum Gasteiger partial charge on any atom is -0.427 e. The van der Waals surface area contributed by atoms with Crippen LogP contribution < -0.4 is 20.3 Å². The first kappa shape index (κ1) is 25.2. The average molecular weight is 549 g/mol. The van der Waals surface area contributed by atoms with Crippen molar-refractivity contribution in [3.63, 3.8) is 0 Å². The Morgan fingerprint density at radius 1 is 0.976 bits per heavy atom. The number of esters is 1. The first-order valence-corrected chi connectivity index (χ1v) is 13.6. The molecule has 1 spiro atoms. The van der Waals surface area contributed by atoms with Crippen molar-refractivity contribution in [1.82, 2.24) is 10.3 Å². The number of hydrogen-bond donors (Lipinski definition) is 3. The van der Waals surface area contributed by atoms with Crippen LogP contribution in [0.3, 0.4) is 0 Å². The van der Waals surface area contributed by atoms with Crippen LogP contribution in [-0.2, 0) is 31.1 Å². The summed E-state index contributed by atoms with van der Waals surface area (Å²) in [6.45, 7) is 5.22. The average Bonchev–Trinajstić information content (AvgIpc) is 3.66. The molecule has 0 aliphatic carbocycles. The molecule has 9 nitrogen and oxygen atoms in total. The minimum atomic E-state index is -1.39. The van der Waals surface area contributed by atoms with Crippen molar-refractivity contribution in [2.75, 3.05) is 10.2 Å². The van der Waals surface area contributed by atoms with Gasteiger partial charge in [0.2, 0.25) is 17.7 Å². The molecule has 4 atom stereocenters. The summed E-state index contributed by atoms with van der Waals surface area (Å²) < 4.78 is 5.13. The Morgan fingerprint density at radius 3 is 2.49 bits per heavy atom. The standard InChI is InChI=1S/C32H28N4O5/c1-16-8-13-23-28(17(16)2)34-31(40)32(23)27-26(25(35-32)14-19-15-33-24-7-5-4-6-22(19)24)29(38)36(30(27)39)20-9-11-21(12-10-20)41-18(3)37/h4-13,15,25-27,33,35H,14H2,1-3H3,(H,34,40)/t25-,26-,27+,32-/m1/s1. The van der Waals surface area contributed by atoms with Crippen LogP contribution in [0.15, 0.2) is 66.9 Å². The summed E-state index contributed by atoms with van der Waals surface area (Å²) >= 11 is 0. The van der Waals surface area contributed by atoms with Gasteiger partial charge in [-0.25, -0.2) is 4.90 Å². The van der Waals surface area contributed by atoms with Crippen molar-refractivity contribution in [1.29, 1.82) is 0 Å². The molecule has 2 saturated heterocycles. The molecule has 2 fully saturated rings. The third kappa shape index (κ3) is 3.52. The van der Waals surface area contributed by atoms with Crippen molar-refractivity contribution >= 4 is 46.0 Å². The highest BCUT2D eigenvalue weighted by Gasteiger charge is 2.70. The molecular weight excluding hydrogens is 520 g/mol. The third-order valence-corrected chi connectivity index (χ3v) is 8.89. The van der Waals surface area contributed by atoms with Gasteiger partial charge in [0, 0.05) is 41.3 Å². The smallest absolute Gasteiger partial charge is 0.308 e. The summed E-state index contributed by atoms with van der Waals surface area (Å²) in [6.07, 6.45) is 2.37. The fraction of sp³-hybridized carbons (Fsp3) is 0.250. The highest BCUT2D eigenvalue weighted by molar-refractivity contribution is 6.26. The summed E-state index contributed by atoms with van der Waals surface area (Å²) in [5, 5.41) is 7.61. The van der Waals surface area contributed by atoms with Gasteiger partial charge in [0.05, 0.1) is 17.5 Å². The molecule has 3 aromatic carbocycles. The molecule has 3 amide bonds. The van der Waals surface area contributed by atoms with Crippen LogP contribution >= 0.6 is 0 Å². The van der Waals surface area contributed by atoms with Crippen LogP contribution in [0.1, 0.15) is 29.2 Å². The van der Waals surface area contributed by atoms with Gasteiger partial charge in [0.15, 0.2) is 0 Å². The van der Waals surface area contributed by atoms with E-state index in [2.05, 4.69) is 15.6 Å². The first-order valence-electron chi connectivity index (χ1n) is 13.6. The van der Waals surface area contributed by atoms with Crippen molar-refractivity contribution in [2.45, 2.75) is 38.8 Å². The van der Waals surface area contributed by atoms with Crippen molar-refractivity contribution < 1.29 is 23.9 Å². The zero-order valence-electron chi connectivity index (χ0n) is 22.8. The van der Waals surface area contributed by atoms with E-state index in [4.69, 9.17) is 4.74 Å². The molecule has 7 rings (SSSR count). The predicted octanol–water partition coefficient (Wildman–Crippen LogP) is 3.88. The molecule has 206 valence electrons. The summed E-state index contributed by atoms with van der Waals surface area (Å²) in [5.41, 5.74) is 4.28. The quantitative estimate of drug-likeness (QED) is 0.202. The highest BCUT2D eigenvalue weighted by Crippen LogP contribution is 2.54. The molecule has 0 radical (unpaired) electrons. The third-order valence-electron chi connectivity index (χ3n) is 8.89. The lowest BCUT2D eigenvalue weighted by molar-refractivity contribution is -0.132. The number of carbonyl (C=O) groups is 4. The number of aromatic amines is 1. The van der Waals surface area contributed by atoms with Gasteiger partial charge in [0.1, 0.15) is 11.3 Å². The van der Waals surface area contributed by atoms with E-state index in [1.54, 1.807) is 24.3 Å². The maximum atomic E-state index is 14.3. The van der Waals surface area contributed by atoms with Crippen molar-refractivity contribution in [2.24, 2.45) is 11.8 Å². The Bertz CT molecular complexity index is 1790. The monoisotopic (exact) mass is 548 g/mol. The Morgan fingerprint density at radius 2 is 1.73 bits per heavy atom. The number of H-pyrrole nitrogens is 1. The number of nitrogens with zero attached hydrogens (tertiary/aromatic N) is 1. The molecule has 3 aliphatic rings. The van der Waals surface area contributed by atoms with Gasteiger partial charge in [-0.05, 0) is 67.3 Å². The lowest BCUT2D eigenvalue weighted by Gasteiger charge is -2.29. The van der Waals surface area contributed by atoms with Gasteiger partial charge >= 0.3 is 5.97 Å². The van der Waals surface area contributed by atoms with E-state index in [1.807, 2.05) is 56.4 Å². The van der Waals surface area contributed by atoms with E-state index in [9.17, 15) is 19.2 Å². The van der Waals surface area contributed by atoms with E-state index < -0.39 is 35.3 Å². The minimum absolute atomic E-state index is 0.311. The van der Waals surface area contributed by atoms with E-state index in [-0.39, 0.29) is 11.8 Å². The number of fused-ring (bicyclic) bond motifs is 5. The van der Waals surface area contributed by atoms with Crippen molar-refractivity contribution in [3.8, 4) is 5.75 Å². The lowest BCUT2D eigenvalue weighted by atomic mass is 9.75.